The molecule has 0 radical (unpaired) electrons. The highest BCUT2D eigenvalue weighted by Crippen LogP contribution is 2.34. The van der Waals surface area contributed by atoms with Gasteiger partial charge in [0.2, 0.25) is 0 Å². The monoisotopic (exact) mass is 517 g/mol. The summed E-state index contributed by atoms with van der Waals surface area (Å²) >= 11 is 0. The number of aliphatic hydroxyl groups is 1. The summed E-state index contributed by atoms with van der Waals surface area (Å²) in [6, 6.07) is 7.41. The Bertz CT molecular complexity index is 1220. The molecule has 0 saturated carbocycles. The number of rotatable bonds is 10. The first-order valence-electron chi connectivity index (χ1n) is 13.0. The van der Waals surface area contributed by atoms with Crippen molar-refractivity contribution >= 4 is 16.9 Å². The number of alkyl halides is 3. The highest BCUT2D eigenvalue weighted by molar-refractivity contribution is 5.97. The summed E-state index contributed by atoms with van der Waals surface area (Å²) in [6.45, 7) is 12.0. The van der Waals surface area contributed by atoms with Gasteiger partial charge < -0.3 is 14.6 Å². The van der Waals surface area contributed by atoms with E-state index in [2.05, 4.69) is 11.9 Å². The number of benzene rings is 2. The maximum Gasteiger partial charge on any atom is 0.416 e. The fraction of sp³-hybridized carbons (Fsp3) is 0.517. The maximum atomic E-state index is 13.8. The molecular formula is C29H38F3N3O2. The molecule has 1 unspecified atom stereocenters. The summed E-state index contributed by atoms with van der Waals surface area (Å²) in [7, 11) is 0. The smallest absolute Gasteiger partial charge is 0.396 e. The van der Waals surface area contributed by atoms with Crippen molar-refractivity contribution in [2.45, 2.75) is 92.0 Å². The SMILES string of the molecule is CCCC(CCCO)n1c(CN(C(=O)c2c(C)cc(C)cc2C)C(C)C)nc2cc(C(F)(F)F)ccc21. The van der Waals surface area contributed by atoms with Gasteiger partial charge in [-0.2, -0.15) is 13.2 Å². The Hall–Kier alpha value is -2.87. The molecule has 0 saturated heterocycles. The quantitative estimate of drug-likeness (QED) is 0.311. The van der Waals surface area contributed by atoms with E-state index in [0.29, 0.717) is 29.7 Å². The lowest BCUT2D eigenvalue weighted by Crippen LogP contribution is -2.38. The third kappa shape index (κ3) is 6.35. The minimum Gasteiger partial charge on any atom is -0.396 e. The first-order valence-corrected chi connectivity index (χ1v) is 13.0. The van der Waals surface area contributed by atoms with Crippen LogP contribution in [0, 0.1) is 20.8 Å². The van der Waals surface area contributed by atoms with Crippen LogP contribution in [0.4, 0.5) is 13.2 Å². The fourth-order valence-electron chi connectivity index (χ4n) is 5.21. The lowest BCUT2D eigenvalue weighted by molar-refractivity contribution is -0.137. The van der Waals surface area contributed by atoms with Gasteiger partial charge in [0.15, 0.2) is 0 Å². The van der Waals surface area contributed by atoms with Gasteiger partial charge in [-0.1, -0.05) is 31.0 Å². The van der Waals surface area contributed by atoms with Crippen LogP contribution < -0.4 is 0 Å². The zero-order valence-corrected chi connectivity index (χ0v) is 22.6. The van der Waals surface area contributed by atoms with Gasteiger partial charge in [0, 0.05) is 24.3 Å². The van der Waals surface area contributed by atoms with E-state index >= 15 is 0 Å². The molecule has 202 valence electrons. The number of aryl methyl sites for hydroxylation is 3. The van der Waals surface area contributed by atoms with Gasteiger partial charge in [0.1, 0.15) is 5.82 Å². The van der Waals surface area contributed by atoms with Gasteiger partial charge in [-0.15, -0.1) is 0 Å². The van der Waals surface area contributed by atoms with Crippen molar-refractivity contribution in [3.05, 3.63) is 64.0 Å². The first kappa shape index (κ1) is 28.7. The Morgan fingerprint density at radius 3 is 2.27 bits per heavy atom. The number of carbonyl (C=O) groups is 1. The topological polar surface area (TPSA) is 58.4 Å². The Morgan fingerprint density at radius 1 is 1.08 bits per heavy atom. The number of amides is 1. The number of hydrogen-bond donors (Lipinski definition) is 1. The van der Waals surface area contributed by atoms with Crippen LogP contribution in [0.1, 0.15) is 90.9 Å². The third-order valence-electron chi connectivity index (χ3n) is 6.86. The van der Waals surface area contributed by atoms with Crippen molar-refractivity contribution in [1.29, 1.82) is 0 Å². The zero-order valence-electron chi connectivity index (χ0n) is 22.6. The molecule has 5 nitrogen and oxygen atoms in total. The molecule has 0 aliphatic carbocycles. The first-order chi connectivity index (χ1) is 17.4. The predicted molar refractivity (Wildman–Crippen MR) is 141 cm³/mol. The van der Waals surface area contributed by atoms with Crippen LogP contribution in [0.5, 0.6) is 0 Å². The van der Waals surface area contributed by atoms with Crippen molar-refractivity contribution in [2.75, 3.05) is 6.61 Å². The number of imidazole rings is 1. The van der Waals surface area contributed by atoms with Gasteiger partial charge >= 0.3 is 6.18 Å². The normalized spacial score (nSPS) is 12.9. The number of aromatic nitrogens is 2. The van der Waals surface area contributed by atoms with Crippen LogP contribution in [0.2, 0.25) is 0 Å². The van der Waals surface area contributed by atoms with Gasteiger partial charge in [-0.25, -0.2) is 4.98 Å². The minimum absolute atomic E-state index is 0.0307. The highest BCUT2D eigenvalue weighted by atomic mass is 19.4. The Balaban J connectivity index is 2.15. The summed E-state index contributed by atoms with van der Waals surface area (Å²) < 4.78 is 42.4. The summed E-state index contributed by atoms with van der Waals surface area (Å²) in [5.41, 5.74) is 3.63. The van der Waals surface area contributed by atoms with Gasteiger partial charge in [0.25, 0.3) is 5.91 Å². The molecule has 1 aromatic heterocycles. The molecule has 37 heavy (non-hydrogen) atoms. The largest absolute Gasteiger partial charge is 0.416 e. The molecule has 2 aromatic carbocycles. The van der Waals surface area contributed by atoms with E-state index in [1.54, 1.807) is 4.90 Å². The molecule has 3 aromatic rings. The maximum absolute atomic E-state index is 13.8. The Kier molecular flexibility index (Phi) is 9.05. The molecule has 0 aliphatic rings. The van der Waals surface area contributed by atoms with Crippen molar-refractivity contribution in [3.63, 3.8) is 0 Å². The second kappa shape index (κ2) is 11.7. The molecule has 1 heterocycles. The highest BCUT2D eigenvalue weighted by Gasteiger charge is 2.32. The van der Waals surface area contributed by atoms with Crippen LogP contribution in [0.15, 0.2) is 30.3 Å². The second-order valence-corrected chi connectivity index (χ2v) is 10.2. The number of halogens is 3. The molecule has 3 rings (SSSR count). The molecule has 8 heteroatoms. The molecule has 1 amide bonds. The van der Waals surface area contributed by atoms with E-state index in [-0.39, 0.29) is 36.7 Å². The molecule has 0 aliphatic heterocycles. The van der Waals surface area contributed by atoms with Crippen molar-refractivity contribution in [2.24, 2.45) is 0 Å². The van der Waals surface area contributed by atoms with Crippen molar-refractivity contribution in [3.8, 4) is 0 Å². The molecule has 1 N–H and O–H groups in total. The van der Waals surface area contributed by atoms with Gasteiger partial charge in [0.05, 0.1) is 23.1 Å². The lowest BCUT2D eigenvalue weighted by atomic mass is 9.98. The molecule has 1 atom stereocenters. The van der Waals surface area contributed by atoms with Crippen molar-refractivity contribution < 1.29 is 23.1 Å². The number of carbonyl (C=O) groups excluding carboxylic acids is 1. The minimum atomic E-state index is -4.47. The number of nitrogens with zero attached hydrogens (tertiary/aromatic N) is 3. The predicted octanol–water partition coefficient (Wildman–Crippen LogP) is 7.14. The van der Waals surface area contributed by atoms with Crippen LogP contribution >= 0.6 is 0 Å². The Morgan fingerprint density at radius 2 is 1.73 bits per heavy atom. The molecule has 0 bridgehead atoms. The zero-order chi connectivity index (χ0) is 27.5. The van der Waals surface area contributed by atoms with Crippen LogP contribution in [0.3, 0.4) is 0 Å². The van der Waals surface area contributed by atoms with E-state index in [1.807, 2.05) is 51.3 Å². The second-order valence-electron chi connectivity index (χ2n) is 10.2. The molecule has 0 spiro atoms. The molecule has 0 fully saturated rings. The van der Waals surface area contributed by atoms with E-state index in [4.69, 9.17) is 0 Å². The average Bonchev–Trinajstić information content (AvgIpc) is 3.15. The van der Waals surface area contributed by atoms with E-state index < -0.39 is 11.7 Å². The fourth-order valence-corrected chi connectivity index (χ4v) is 5.21. The van der Waals surface area contributed by atoms with Crippen LogP contribution in [0.25, 0.3) is 11.0 Å². The van der Waals surface area contributed by atoms with Gasteiger partial charge in [-0.05, 0) is 83.2 Å². The number of fused-ring (bicyclic) bond motifs is 1. The Labute approximate surface area is 217 Å². The number of aliphatic hydroxyl groups excluding tert-OH is 1. The molecular weight excluding hydrogens is 479 g/mol. The summed E-state index contributed by atoms with van der Waals surface area (Å²) in [5, 5.41) is 9.48. The summed E-state index contributed by atoms with van der Waals surface area (Å²) in [5.74, 6) is 0.428. The summed E-state index contributed by atoms with van der Waals surface area (Å²) in [6.07, 6.45) is -1.59. The average molecular weight is 518 g/mol. The van der Waals surface area contributed by atoms with Crippen LogP contribution in [-0.4, -0.2) is 38.1 Å². The van der Waals surface area contributed by atoms with Crippen LogP contribution in [-0.2, 0) is 12.7 Å². The standard InChI is InChI=1S/C29H38F3N3O2/c1-7-9-23(10-8-13-36)35-25-12-11-22(29(30,31)32)16-24(25)33-26(35)17-34(18(2)3)28(37)27-20(5)14-19(4)15-21(27)6/h11-12,14-16,18,23,36H,7-10,13,17H2,1-6H3. The third-order valence-corrected chi connectivity index (χ3v) is 6.86. The van der Waals surface area contributed by atoms with Crippen molar-refractivity contribution in [1.82, 2.24) is 14.5 Å². The van der Waals surface area contributed by atoms with Gasteiger partial charge in [-0.3, -0.25) is 4.79 Å². The lowest BCUT2D eigenvalue weighted by Gasteiger charge is -2.30. The van der Waals surface area contributed by atoms with E-state index in [1.165, 1.54) is 6.07 Å². The van der Waals surface area contributed by atoms with E-state index in [9.17, 15) is 23.1 Å². The summed E-state index contributed by atoms with van der Waals surface area (Å²) in [4.78, 5) is 20.2. The number of hydrogen-bond acceptors (Lipinski definition) is 3. The van der Waals surface area contributed by atoms with E-state index in [0.717, 1.165) is 41.7 Å².